The first-order valence-electron chi connectivity index (χ1n) is 6.42. The zero-order chi connectivity index (χ0) is 13.2. The molecule has 1 atom stereocenters. The topological polar surface area (TPSA) is 43.8 Å². The number of likely N-dealkylation sites (N-methyl/N-ethyl adjacent to an activating group) is 1. The SMILES string of the molecule is CC(C)CN1C(CCO)C(=O)N(C)CC1(C)C. The normalized spacial score (nSPS) is 25.7. The summed E-state index contributed by atoms with van der Waals surface area (Å²) in [5.74, 6) is 0.658. The Balaban J connectivity index is 2.94. The van der Waals surface area contributed by atoms with E-state index in [-0.39, 0.29) is 24.1 Å². The second kappa shape index (κ2) is 5.36. The molecule has 0 aromatic heterocycles. The molecule has 4 heteroatoms. The van der Waals surface area contributed by atoms with Crippen LogP contribution >= 0.6 is 0 Å². The first-order chi connectivity index (χ1) is 7.79. The lowest BCUT2D eigenvalue weighted by Gasteiger charge is -2.50. The molecule has 1 saturated heterocycles. The predicted octanol–water partition coefficient (Wildman–Crippen LogP) is 0.946. The number of hydrogen-bond acceptors (Lipinski definition) is 3. The van der Waals surface area contributed by atoms with E-state index in [2.05, 4.69) is 32.6 Å². The third-order valence-electron chi connectivity index (χ3n) is 3.40. The minimum Gasteiger partial charge on any atom is -0.396 e. The minimum absolute atomic E-state index is 0.0211. The third kappa shape index (κ3) is 3.19. The molecular formula is C13H26N2O2. The summed E-state index contributed by atoms with van der Waals surface area (Å²) in [6, 6.07) is -0.170. The molecule has 0 radical (unpaired) electrons. The van der Waals surface area contributed by atoms with Crippen LogP contribution < -0.4 is 0 Å². The van der Waals surface area contributed by atoms with Crippen LogP contribution in [-0.2, 0) is 4.79 Å². The zero-order valence-electron chi connectivity index (χ0n) is 11.7. The van der Waals surface area contributed by atoms with Gasteiger partial charge in [-0.05, 0) is 26.2 Å². The van der Waals surface area contributed by atoms with Crippen LogP contribution in [0.5, 0.6) is 0 Å². The van der Waals surface area contributed by atoms with Crippen LogP contribution in [0, 0.1) is 5.92 Å². The Hall–Kier alpha value is -0.610. The highest BCUT2D eigenvalue weighted by Gasteiger charge is 2.43. The summed E-state index contributed by atoms with van der Waals surface area (Å²) in [5.41, 5.74) is -0.0211. The molecule has 1 amide bonds. The Kier molecular flexibility index (Phi) is 4.55. The molecule has 1 fully saturated rings. The van der Waals surface area contributed by atoms with Crippen molar-refractivity contribution in [1.29, 1.82) is 0 Å². The molecule has 100 valence electrons. The molecule has 0 saturated carbocycles. The van der Waals surface area contributed by atoms with Crippen molar-refractivity contribution in [2.75, 3.05) is 26.7 Å². The van der Waals surface area contributed by atoms with Crippen LogP contribution in [-0.4, -0.2) is 59.1 Å². The van der Waals surface area contributed by atoms with E-state index in [0.29, 0.717) is 12.3 Å². The first-order valence-corrected chi connectivity index (χ1v) is 6.42. The van der Waals surface area contributed by atoms with Gasteiger partial charge in [-0.2, -0.15) is 0 Å². The fourth-order valence-electron chi connectivity index (χ4n) is 2.73. The third-order valence-corrected chi connectivity index (χ3v) is 3.40. The second-order valence-corrected chi connectivity index (χ2v) is 6.08. The van der Waals surface area contributed by atoms with Crippen molar-refractivity contribution in [2.24, 2.45) is 5.92 Å². The summed E-state index contributed by atoms with van der Waals surface area (Å²) in [4.78, 5) is 16.2. The molecule has 0 aromatic rings. The predicted molar refractivity (Wildman–Crippen MR) is 68.8 cm³/mol. The maximum Gasteiger partial charge on any atom is 0.239 e. The Morgan fingerprint density at radius 1 is 1.47 bits per heavy atom. The number of aliphatic hydroxyl groups excluding tert-OH is 1. The van der Waals surface area contributed by atoms with Crippen molar-refractivity contribution < 1.29 is 9.90 Å². The molecule has 0 spiro atoms. The van der Waals surface area contributed by atoms with E-state index in [1.165, 1.54) is 0 Å². The van der Waals surface area contributed by atoms with Crippen molar-refractivity contribution in [3.63, 3.8) is 0 Å². The lowest BCUT2D eigenvalue weighted by Crippen LogP contribution is -2.66. The number of hydrogen-bond donors (Lipinski definition) is 1. The van der Waals surface area contributed by atoms with Gasteiger partial charge in [0.25, 0.3) is 0 Å². The maximum absolute atomic E-state index is 12.2. The van der Waals surface area contributed by atoms with Gasteiger partial charge in [0.15, 0.2) is 0 Å². The van der Waals surface area contributed by atoms with Gasteiger partial charge in [0, 0.05) is 32.3 Å². The molecule has 17 heavy (non-hydrogen) atoms. The van der Waals surface area contributed by atoms with Crippen LogP contribution in [0.25, 0.3) is 0 Å². The number of piperazine rings is 1. The fourth-order valence-corrected chi connectivity index (χ4v) is 2.73. The van der Waals surface area contributed by atoms with E-state index >= 15 is 0 Å². The quantitative estimate of drug-likeness (QED) is 0.798. The molecule has 0 aromatic carbocycles. The highest BCUT2D eigenvalue weighted by molar-refractivity contribution is 5.82. The van der Waals surface area contributed by atoms with E-state index in [1.807, 2.05) is 7.05 Å². The molecule has 4 nitrogen and oxygen atoms in total. The van der Waals surface area contributed by atoms with Crippen LogP contribution in [0.1, 0.15) is 34.1 Å². The largest absolute Gasteiger partial charge is 0.396 e. The lowest BCUT2D eigenvalue weighted by molar-refractivity contribution is -0.149. The van der Waals surface area contributed by atoms with Gasteiger partial charge in [-0.1, -0.05) is 13.8 Å². The van der Waals surface area contributed by atoms with E-state index in [4.69, 9.17) is 5.11 Å². The van der Waals surface area contributed by atoms with Crippen molar-refractivity contribution in [3.8, 4) is 0 Å². The summed E-state index contributed by atoms with van der Waals surface area (Å²) in [5, 5.41) is 9.15. The standard InChI is InChI=1S/C13H26N2O2/c1-10(2)8-15-11(6-7-16)12(17)14(5)9-13(15,3)4/h10-11,16H,6-9H2,1-5H3. The minimum atomic E-state index is -0.170. The number of rotatable bonds is 4. The van der Waals surface area contributed by atoms with E-state index < -0.39 is 0 Å². The molecule has 1 aliphatic heterocycles. The molecule has 1 unspecified atom stereocenters. The molecule has 0 bridgehead atoms. The van der Waals surface area contributed by atoms with Crippen molar-refractivity contribution in [3.05, 3.63) is 0 Å². The van der Waals surface area contributed by atoms with Gasteiger partial charge >= 0.3 is 0 Å². The second-order valence-electron chi connectivity index (χ2n) is 6.08. The van der Waals surface area contributed by atoms with Gasteiger partial charge in [0.05, 0.1) is 6.04 Å². The Morgan fingerprint density at radius 2 is 2.06 bits per heavy atom. The number of nitrogens with zero attached hydrogens (tertiary/aromatic N) is 2. The average Bonchev–Trinajstić information content (AvgIpc) is 2.19. The van der Waals surface area contributed by atoms with Gasteiger partial charge < -0.3 is 10.0 Å². The van der Waals surface area contributed by atoms with Crippen molar-refractivity contribution in [2.45, 2.75) is 45.7 Å². The van der Waals surface area contributed by atoms with Gasteiger partial charge in [0.2, 0.25) is 5.91 Å². The Morgan fingerprint density at radius 3 is 2.53 bits per heavy atom. The molecular weight excluding hydrogens is 216 g/mol. The Bertz CT molecular complexity index is 277. The smallest absolute Gasteiger partial charge is 0.239 e. The van der Waals surface area contributed by atoms with Gasteiger partial charge in [-0.15, -0.1) is 0 Å². The lowest BCUT2D eigenvalue weighted by atomic mass is 9.92. The van der Waals surface area contributed by atoms with E-state index in [9.17, 15) is 4.79 Å². The highest BCUT2D eigenvalue weighted by atomic mass is 16.3. The maximum atomic E-state index is 12.2. The van der Waals surface area contributed by atoms with Crippen molar-refractivity contribution in [1.82, 2.24) is 9.80 Å². The number of aliphatic hydroxyl groups is 1. The summed E-state index contributed by atoms with van der Waals surface area (Å²) in [7, 11) is 1.85. The van der Waals surface area contributed by atoms with Crippen LogP contribution in [0.15, 0.2) is 0 Å². The average molecular weight is 242 g/mol. The molecule has 1 rings (SSSR count). The fraction of sp³-hybridized carbons (Fsp3) is 0.923. The first kappa shape index (κ1) is 14.5. The van der Waals surface area contributed by atoms with Crippen LogP contribution in [0.2, 0.25) is 0 Å². The summed E-state index contributed by atoms with van der Waals surface area (Å²) in [6.45, 7) is 10.4. The summed E-state index contributed by atoms with van der Waals surface area (Å²) < 4.78 is 0. The zero-order valence-corrected chi connectivity index (χ0v) is 11.7. The van der Waals surface area contributed by atoms with Crippen LogP contribution in [0.4, 0.5) is 0 Å². The summed E-state index contributed by atoms with van der Waals surface area (Å²) >= 11 is 0. The monoisotopic (exact) mass is 242 g/mol. The molecule has 1 N–H and O–H groups in total. The van der Waals surface area contributed by atoms with E-state index in [0.717, 1.165) is 13.1 Å². The van der Waals surface area contributed by atoms with Crippen molar-refractivity contribution >= 4 is 5.91 Å². The van der Waals surface area contributed by atoms with Gasteiger partial charge in [0.1, 0.15) is 0 Å². The number of carbonyl (C=O) groups excluding carboxylic acids is 1. The van der Waals surface area contributed by atoms with Gasteiger partial charge in [-0.3, -0.25) is 9.69 Å². The van der Waals surface area contributed by atoms with Gasteiger partial charge in [-0.25, -0.2) is 0 Å². The number of carbonyl (C=O) groups is 1. The summed E-state index contributed by atoms with van der Waals surface area (Å²) in [6.07, 6.45) is 0.527. The number of amides is 1. The molecule has 1 aliphatic rings. The Labute approximate surface area is 105 Å². The van der Waals surface area contributed by atoms with Crippen LogP contribution in [0.3, 0.4) is 0 Å². The highest BCUT2D eigenvalue weighted by Crippen LogP contribution is 2.27. The van der Waals surface area contributed by atoms with E-state index in [1.54, 1.807) is 4.90 Å². The molecule has 1 heterocycles. The molecule has 0 aliphatic carbocycles.